The van der Waals surface area contributed by atoms with Crippen LogP contribution in [0, 0.1) is 13.8 Å². The van der Waals surface area contributed by atoms with Crippen molar-refractivity contribution in [3.63, 3.8) is 0 Å². The zero-order valence-electron chi connectivity index (χ0n) is 16.8. The lowest BCUT2D eigenvalue weighted by Crippen LogP contribution is -2.37. The van der Waals surface area contributed by atoms with Gasteiger partial charge in [0.15, 0.2) is 5.96 Å². The van der Waals surface area contributed by atoms with Crippen LogP contribution in [0.1, 0.15) is 29.9 Å². The van der Waals surface area contributed by atoms with Crippen LogP contribution in [0.15, 0.2) is 52.3 Å². The lowest BCUT2D eigenvalue weighted by Gasteiger charge is -2.11. The number of guanidine groups is 1. The molecule has 148 valence electrons. The summed E-state index contributed by atoms with van der Waals surface area (Å²) in [6, 6.07) is 8.14. The molecule has 0 unspecified atom stereocenters. The van der Waals surface area contributed by atoms with Crippen molar-refractivity contribution in [3.8, 4) is 11.5 Å². The maximum absolute atomic E-state index is 5.60. The molecule has 0 fully saturated rings. The number of nitrogens with one attached hydrogen (secondary N) is 2. The second-order valence-electron chi connectivity index (χ2n) is 6.74. The maximum atomic E-state index is 5.60. The van der Waals surface area contributed by atoms with Gasteiger partial charge < -0.3 is 19.6 Å². The van der Waals surface area contributed by atoms with Crippen molar-refractivity contribution in [3.05, 3.63) is 60.0 Å². The average Bonchev–Trinajstić information content (AvgIpc) is 3.34. The van der Waals surface area contributed by atoms with Gasteiger partial charge >= 0.3 is 0 Å². The van der Waals surface area contributed by atoms with Gasteiger partial charge in [-0.15, -0.1) is 0 Å². The number of aromatic nitrogens is 3. The van der Waals surface area contributed by atoms with Gasteiger partial charge in [0.1, 0.15) is 12.1 Å². The Kier molecular flexibility index (Phi) is 6.84. The summed E-state index contributed by atoms with van der Waals surface area (Å²) in [5.41, 5.74) is 3.04. The minimum Gasteiger partial charge on any atom is -0.444 e. The molecule has 28 heavy (non-hydrogen) atoms. The van der Waals surface area contributed by atoms with Crippen molar-refractivity contribution in [1.29, 1.82) is 0 Å². The fraction of sp³-hybridized carbons (Fsp3) is 0.381. The van der Waals surface area contributed by atoms with Crippen LogP contribution < -0.4 is 10.6 Å². The number of hydrogen-bond donors (Lipinski definition) is 2. The molecule has 7 nitrogen and oxygen atoms in total. The van der Waals surface area contributed by atoms with Crippen LogP contribution in [-0.2, 0) is 13.1 Å². The van der Waals surface area contributed by atoms with Crippen LogP contribution in [-0.4, -0.2) is 34.1 Å². The van der Waals surface area contributed by atoms with E-state index in [0.29, 0.717) is 12.4 Å². The Morgan fingerprint density at radius 3 is 2.68 bits per heavy atom. The summed E-state index contributed by atoms with van der Waals surface area (Å²) in [4.78, 5) is 13.0. The fourth-order valence-corrected chi connectivity index (χ4v) is 2.87. The van der Waals surface area contributed by atoms with Gasteiger partial charge in [0.2, 0.25) is 5.89 Å². The second-order valence-corrected chi connectivity index (χ2v) is 6.74. The number of imidazole rings is 1. The number of hydrogen-bond acceptors (Lipinski definition) is 4. The molecule has 0 saturated carbocycles. The Morgan fingerprint density at radius 2 is 1.96 bits per heavy atom. The van der Waals surface area contributed by atoms with Crippen molar-refractivity contribution in [2.45, 2.75) is 39.8 Å². The first-order chi connectivity index (χ1) is 13.7. The lowest BCUT2D eigenvalue weighted by atomic mass is 10.1. The number of benzene rings is 1. The molecule has 0 amide bonds. The molecular weight excluding hydrogens is 352 g/mol. The quantitative estimate of drug-likeness (QED) is 0.356. The van der Waals surface area contributed by atoms with Gasteiger partial charge in [0.05, 0.1) is 12.2 Å². The lowest BCUT2D eigenvalue weighted by molar-refractivity contribution is 0.571. The number of unbranched alkanes of at least 4 members (excludes halogenated alkanes) is 1. The first-order valence-electron chi connectivity index (χ1n) is 9.59. The predicted octanol–water partition coefficient (Wildman–Crippen LogP) is 3.30. The Balaban J connectivity index is 1.39. The molecule has 0 saturated heterocycles. The zero-order valence-corrected chi connectivity index (χ0v) is 16.8. The standard InChI is InChI=1S/C21H28N6O/c1-16-6-8-18(9-7-16)20-26-19(15-28-20)14-25-21(22-3)24-10-4-5-12-27-13-11-23-17(27)2/h6-9,11,13,15H,4-5,10,12,14H2,1-3H3,(H2,22,24,25). The first-order valence-corrected chi connectivity index (χ1v) is 9.59. The molecule has 0 aliphatic heterocycles. The van der Waals surface area contributed by atoms with Crippen molar-refractivity contribution in [1.82, 2.24) is 25.2 Å². The SMILES string of the molecule is CN=C(NCCCCn1ccnc1C)NCc1coc(-c2ccc(C)cc2)n1. The molecule has 0 atom stereocenters. The van der Waals surface area contributed by atoms with E-state index in [1.54, 1.807) is 13.3 Å². The molecule has 2 N–H and O–H groups in total. The maximum Gasteiger partial charge on any atom is 0.226 e. The Morgan fingerprint density at radius 1 is 1.14 bits per heavy atom. The van der Waals surface area contributed by atoms with Gasteiger partial charge in [-0.2, -0.15) is 0 Å². The van der Waals surface area contributed by atoms with Crippen LogP contribution >= 0.6 is 0 Å². The van der Waals surface area contributed by atoms with E-state index in [1.165, 1.54) is 5.56 Å². The van der Waals surface area contributed by atoms with E-state index in [2.05, 4.69) is 49.2 Å². The van der Waals surface area contributed by atoms with E-state index in [-0.39, 0.29) is 0 Å². The van der Waals surface area contributed by atoms with E-state index in [0.717, 1.165) is 49.0 Å². The van der Waals surface area contributed by atoms with Crippen molar-refractivity contribution < 1.29 is 4.42 Å². The summed E-state index contributed by atoms with van der Waals surface area (Å²) in [5, 5.41) is 6.61. The molecule has 0 aliphatic carbocycles. The summed E-state index contributed by atoms with van der Waals surface area (Å²) in [5.74, 6) is 2.45. The fourth-order valence-electron chi connectivity index (χ4n) is 2.87. The van der Waals surface area contributed by atoms with Crippen LogP contribution in [0.5, 0.6) is 0 Å². The average molecular weight is 380 g/mol. The largest absolute Gasteiger partial charge is 0.444 e. The number of aliphatic imine (C=N–C) groups is 1. The van der Waals surface area contributed by atoms with Gasteiger partial charge in [0.25, 0.3) is 0 Å². The highest BCUT2D eigenvalue weighted by Crippen LogP contribution is 2.18. The molecule has 0 aliphatic rings. The van der Waals surface area contributed by atoms with Gasteiger partial charge in [-0.05, 0) is 38.8 Å². The molecule has 7 heteroatoms. The topological polar surface area (TPSA) is 80.3 Å². The van der Waals surface area contributed by atoms with Crippen molar-refractivity contribution >= 4 is 5.96 Å². The van der Waals surface area contributed by atoms with E-state index >= 15 is 0 Å². The summed E-state index contributed by atoms with van der Waals surface area (Å²) in [7, 11) is 1.77. The molecule has 0 radical (unpaired) electrons. The molecule has 3 aromatic rings. The molecule has 2 aromatic heterocycles. The second kappa shape index (κ2) is 9.73. The third-order valence-corrected chi connectivity index (χ3v) is 4.55. The van der Waals surface area contributed by atoms with Crippen LogP contribution in [0.2, 0.25) is 0 Å². The summed E-state index contributed by atoms with van der Waals surface area (Å²) < 4.78 is 7.77. The smallest absolute Gasteiger partial charge is 0.226 e. The van der Waals surface area contributed by atoms with Gasteiger partial charge in [0, 0.05) is 38.1 Å². The predicted molar refractivity (Wildman–Crippen MR) is 111 cm³/mol. The minimum atomic E-state index is 0.559. The molecule has 1 aromatic carbocycles. The highest BCUT2D eigenvalue weighted by atomic mass is 16.3. The number of rotatable bonds is 8. The molecule has 0 spiro atoms. The zero-order chi connectivity index (χ0) is 19.8. The molecule has 0 bridgehead atoms. The van der Waals surface area contributed by atoms with Crippen LogP contribution in [0.25, 0.3) is 11.5 Å². The van der Waals surface area contributed by atoms with Crippen LogP contribution in [0.3, 0.4) is 0 Å². The number of aryl methyl sites for hydroxylation is 3. The van der Waals surface area contributed by atoms with Crippen molar-refractivity contribution in [2.24, 2.45) is 4.99 Å². The van der Waals surface area contributed by atoms with E-state index in [1.807, 2.05) is 31.5 Å². The van der Waals surface area contributed by atoms with E-state index in [9.17, 15) is 0 Å². The molecule has 3 rings (SSSR count). The van der Waals surface area contributed by atoms with Gasteiger partial charge in [-0.1, -0.05) is 17.7 Å². The summed E-state index contributed by atoms with van der Waals surface area (Å²) in [6.07, 6.45) is 7.69. The first kappa shape index (κ1) is 19.7. The highest BCUT2D eigenvalue weighted by molar-refractivity contribution is 5.79. The van der Waals surface area contributed by atoms with E-state index in [4.69, 9.17) is 4.42 Å². The summed E-state index contributed by atoms with van der Waals surface area (Å²) in [6.45, 7) is 6.49. The van der Waals surface area contributed by atoms with Crippen LogP contribution in [0.4, 0.5) is 0 Å². The monoisotopic (exact) mass is 380 g/mol. The Hall–Kier alpha value is -3.09. The van der Waals surface area contributed by atoms with Gasteiger partial charge in [-0.3, -0.25) is 4.99 Å². The molecular formula is C21H28N6O. The third kappa shape index (κ3) is 5.45. The summed E-state index contributed by atoms with van der Waals surface area (Å²) >= 11 is 0. The Labute approximate surface area is 165 Å². The van der Waals surface area contributed by atoms with Crippen molar-refractivity contribution in [2.75, 3.05) is 13.6 Å². The number of nitrogens with zero attached hydrogens (tertiary/aromatic N) is 4. The van der Waals surface area contributed by atoms with Gasteiger partial charge in [-0.25, -0.2) is 9.97 Å². The van der Waals surface area contributed by atoms with E-state index < -0.39 is 0 Å². The minimum absolute atomic E-state index is 0.559. The third-order valence-electron chi connectivity index (χ3n) is 4.55. The highest BCUT2D eigenvalue weighted by Gasteiger charge is 2.07. The Bertz CT molecular complexity index is 894. The molecule has 2 heterocycles. The number of oxazole rings is 1. The normalized spacial score (nSPS) is 11.6.